The molecular weight excluding hydrogens is 665 g/mol. The minimum atomic E-state index is -5.08. The van der Waals surface area contributed by atoms with E-state index in [4.69, 9.17) is 38.9 Å². The number of aliphatic carboxylic acids is 3. The van der Waals surface area contributed by atoms with Crippen molar-refractivity contribution in [3.8, 4) is 0 Å². The number of carboxylic acid groups (broad SMARTS) is 3. The number of alkyl halides is 9. The molecule has 2 atom stereocenters. The van der Waals surface area contributed by atoms with E-state index in [1.54, 1.807) is 6.26 Å². The van der Waals surface area contributed by atoms with Gasteiger partial charge in [-0.3, -0.25) is 9.88 Å². The number of rotatable bonds is 7. The molecule has 11 nitrogen and oxygen atoms in total. The Kier molecular flexibility index (Phi) is 15.6. The Bertz CT molecular complexity index is 1190. The number of ether oxygens (including phenoxy) is 1. The third-order valence-corrected chi connectivity index (χ3v) is 6.80. The highest BCUT2D eigenvalue weighted by Crippen LogP contribution is 2.44. The molecule has 0 radical (unpaired) electrons. The lowest BCUT2D eigenvalue weighted by Gasteiger charge is -2.30. The lowest BCUT2D eigenvalue weighted by atomic mass is 9.77. The lowest BCUT2D eigenvalue weighted by Crippen LogP contribution is -2.36. The van der Waals surface area contributed by atoms with Crippen LogP contribution in [-0.4, -0.2) is 106 Å². The van der Waals surface area contributed by atoms with Crippen molar-refractivity contribution < 1.29 is 78.4 Å². The highest BCUT2D eigenvalue weighted by atomic mass is 19.4. The average Bonchev–Trinajstić information content (AvgIpc) is 3.70. The summed E-state index contributed by atoms with van der Waals surface area (Å²) in [4.78, 5) is 36.2. The predicted molar refractivity (Wildman–Crippen MR) is 142 cm³/mol. The zero-order valence-corrected chi connectivity index (χ0v) is 24.6. The molecule has 0 bridgehead atoms. The number of likely N-dealkylation sites (tertiary alicyclic amines) is 2. The van der Waals surface area contributed by atoms with Gasteiger partial charge in [0.15, 0.2) is 0 Å². The van der Waals surface area contributed by atoms with Crippen LogP contribution in [0.4, 0.5) is 39.5 Å². The number of aromatic nitrogens is 1. The normalized spacial score (nSPS) is 19.9. The van der Waals surface area contributed by atoms with Crippen LogP contribution < -0.4 is 0 Å². The first-order valence-electron chi connectivity index (χ1n) is 13.4. The van der Waals surface area contributed by atoms with Crippen molar-refractivity contribution in [2.45, 2.75) is 45.0 Å². The second-order valence-electron chi connectivity index (χ2n) is 10.2. The van der Waals surface area contributed by atoms with Crippen molar-refractivity contribution in [1.29, 1.82) is 0 Å². The quantitative estimate of drug-likeness (QED) is 0.338. The van der Waals surface area contributed by atoms with Crippen LogP contribution in [0, 0.1) is 11.3 Å². The summed E-state index contributed by atoms with van der Waals surface area (Å²) < 4.78 is 107. The summed E-state index contributed by atoms with van der Waals surface area (Å²) in [7, 11) is 0. The molecule has 3 N–H and O–H groups in total. The highest BCUT2D eigenvalue weighted by molar-refractivity contribution is 5.73. The van der Waals surface area contributed by atoms with Crippen LogP contribution >= 0.6 is 0 Å². The highest BCUT2D eigenvalue weighted by Gasteiger charge is 2.50. The standard InChI is InChI=1S/C21H29N3O2.3C2HF3O2/c1-2-23-12-19(14-26-15-20-5-3-4-8-22-20)21(16-23)7-9-24(17-21)11-18-6-10-25-13-18;3*3-2(4,5)1(6)7/h3-6,8,10,13,19H,2,7,9,11-12,14-17H2,1H3;3*(H,6,7)/t19-,21-;;;/m1.../s1. The fraction of sp³-hybridized carbons (Fsp3) is 0.556. The summed E-state index contributed by atoms with van der Waals surface area (Å²) in [5.41, 5.74) is 2.65. The van der Waals surface area contributed by atoms with Gasteiger partial charge < -0.3 is 29.4 Å². The maximum Gasteiger partial charge on any atom is 0.490 e. The van der Waals surface area contributed by atoms with Gasteiger partial charge in [0.05, 0.1) is 31.4 Å². The number of pyridine rings is 1. The van der Waals surface area contributed by atoms with E-state index in [-0.39, 0.29) is 0 Å². The number of nitrogens with zero attached hydrogens (tertiary/aromatic N) is 3. The number of hydrogen-bond donors (Lipinski definition) is 3. The second-order valence-corrected chi connectivity index (χ2v) is 10.2. The summed E-state index contributed by atoms with van der Waals surface area (Å²) in [5, 5.41) is 21.4. The van der Waals surface area contributed by atoms with E-state index in [0.717, 1.165) is 38.5 Å². The van der Waals surface area contributed by atoms with Gasteiger partial charge in [-0.25, -0.2) is 14.4 Å². The third-order valence-electron chi connectivity index (χ3n) is 6.80. The molecule has 0 aromatic carbocycles. The van der Waals surface area contributed by atoms with E-state index in [1.807, 2.05) is 30.7 Å². The van der Waals surface area contributed by atoms with Gasteiger partial charge in [0.25, 0.3) is 0 Å². The van der Waals surface area contributed by atoms with Gasteiger partial charge in [0.2, 0.25) is 0 Å². The molecule has 20 heteroatoms. The Hall–Kier alpha value is -3.91. The van der Waals surface area contributed by atoms with Crippen LogP contribution in [0.1, 0.15) is 24.6 Å². The number of hydrogen-bond acceptors (Lipinski definition) is 8. The summed E-state index contributed by atoms with van der Waals surface area (Å²) in [6.45, 7) is 10.5. The van der Waals surface area contributed by atoms with Crippen molar-refractivity contribution in [3.05, 3.63) is 54.2 Å². The molecule has 2 aromatic heterocycles. The second kappa shape index (κ2) is 17.9. The molecule has 0 amide bonds. The van der Waals surface area contributed by atoms with E-state index >= 15 is 0 Å². The molecule has 2 aromatic rings. The van der Waals surface area contributed by atoms with Gasteiger partial charge in [-0.05, 0) is 37.7 Å². The van der Waals surface area contributed by atoms with Crippen molar-refractivity contribution >= 4 is 17.9 Å². The van der Waals surface area contributed by atoms with Crippen LogP contribution in [0.5, 0.6) is 0 Å². The van der Waals surface area contributed by atoms with E-state index in [2.05, 4.69) is 27.8 Å². The first kappa shape index (κ1) is 41.1. The van der Waals surface area contributed by atoms with Crippen molar-refractivity contribution in [2.24, 2.45) is 11.3 Å². The van der Waals surface area contributed by atoms with Crippen LogP contribution in [0.3, 0.4) is 0 Å². The van der Waals surface area contributed by atoms with E-state index in [0.29, 0.717) is 17.9 Å². The summed E-state index contributed by atoms with van der Waals surface area (Å²) >= 11 is 0. The lowest BCUT2D eigenvalue weighted by molar-refractivity contribution is -0.193. The molecule has 0 unspecified atom stereocenters. The van der Waals surface area contributed by atoms with Gasteiger partial charge in [0, 0.05) is 49.3 Å². The van der Waals surface area contributed by atoms with Crippen LogP contribution in [0.15, 0.2) is 47.4 Å². The molecule has 2 fully saturated rings. The van der Waals surface area contributed by atoms with Crippen LogP contribution in [0.2, 0.25) is 0 Å². The molecule has 2 saturated heterocycles. The maximum absolute atomic E-state index is 10.6. The van der Waals surface area contributed by atoms with Gasteiger partial charge >= 0.3 is 36.4 Å². The van der Waals surface area contributed by atoms with Crippen molar-refractivity contribution in [2.75, 3.05) is 39.3 Å². The van der Waals surface area contributed by atoms with Gasteiger partial charge in [0.1, 0.15) is 0 Å². The topological polar surface area (TPSA) is 154 Å². The fourth-order valence-corrected chi connectivity index (χ4v) is 4.63. The molecule has 4 rings (SSSR count). The molecule has 0 aliphatic carbocycles. The Balaban J connectivity index is 0.000000430. The number of furan rings is 1. The number of carboxylic acids is 3. The monoisotopic (exact) mass is 697 g/mol. The summed E-state index contributed by atoms with van der Waals surface area (Å²) in [6.07, 6.45) is -8.52. The number of halogens is 9. The molecule has 47 heavy (non-hydrogen) atoms. The number of carbonyl (C=O) groups is 3. The SMILES string of the molecule is CCN1C[C@H](COCc2ccccn2)[C@]2(CCN(Cc3ccoc3)C2)C1.O=C(O)C(F)(F)F.O=C(O)C(F)(F)F.O=C(O)C(F)(F)F. The molecular formula is C27H32F9N3O8. The molecule has 4 heterocycles. The largest absolute Gasteiger partial charge is 0.490 e. The maximum atomic E-state index is 10.6. The Labute approximate surface area is 261 Å². The first-order valence-corrected chi connectivity index (χ1v) is 13.4. The van der Waals surface area contributed by atoms with Crippen molar-refractivity contribution in [3.63, 3.8) is 0 Å². The van der Waals surface area contributed by atoms with E-state index in [1.165, 1.54) is 25.1 Å². The smallest absolute Gasteiger partial charge is 0.475 e. The van der Waals surface area contributed by atoms with Crippen molar-refractivity contribution in [1.82, 2.24) is 14.8 Å². The van der Waals surface area contributed by atoms with Gasteiger partial charge in [-0.15, -0.1) is 0 Å². The van der Waals surface area contributed by atoms with Crippen LogP contribution in [0.25, 0.3) is 0 Å². The fourth-order valence-electron chi connectivity index (χ4n) is 4.63. The molecule has 0 saturated carbocycles. The summed E-state index contributed by atoms with van der Waals surface area (Å²) in [5.74, 6) is -7.67. The zero-order chi connectivity index (χ0) is 36.1. The van der Waals surface area contributed by atoms with E-state index in [9.17, 15) is 39.5 Å². The van der Waals surface area contributed by atoms with E-state index < -0.39 is 36.4 Å². The Morgan fingerprint density at radius 3 is 1.87 bits per heavy atom. The first-order chi connectivity index (χ1) is 21.6. The van der Waals surface area contributed by atoms with Crippen LogP contribution in [-0.2, 0) is 32.3 Å². The minimum absolute atomic E-state index is 0.365. The van der Waals surface area contributed by atoms with Gasteiger partial charge in [-0.2, -0.15) is 39.5 Å². The molecule has 2 aliphatic rings. The van der Waals surface area contributed by atoms with Gasteiger partial charge in [-0.1, -0.05) is 13.0 Å². The average molecular weight is 698 g/mol. The predicted octanol–water partition coefficient (Wildman–Crippen LogP) is 4.94. The Morgan fingerprint density at radius 2 is 1.45 bits per heavy atom. The summed E-state index contributed by atoms with van der Waals surface area (Å²) in [6, 6.07) is 8.07. The zero-order valence-electron chi connectivity index (χ0n) is 24.6. The Morgan fingerprint density at radius 1 is 0.915 bits per heavy atom. The third kappa shape index (κ3) is 15.0. The molecule has 2 aliphatic heterocycles. The molecule has 1 spiro atoms. The molecule has 266 valence electrons. The minimum Gasteiger partial charge on any atom is -0.475 e.